The summed E-state index contributed by atoms with van der Waals surface area (Å²) < 4.78 is 6.04. The summed E-state index contributed by atoms with van der Waals surface area (Å²) >= 11 is 0. The van der Waals surface area contributed by atoms with Gasteiger partial charge in [0.1, 0.15) is 5.69 Å². The van der Waals surface area contributed by atoms with Gasteiger partial charge in [-0.3, -0.25) is 0 Å². The fourth-order valence-electron chi connectivity index (χ4n) is 4.66. The molecule has 0 spiro atoms. The van der Waals surface area contributed by atoms with Gasteiger partial charge in [-0.2, -0.15) is 0 Å². The average Bonchev–Trinajstić information content (AvgIpc) is 3.18. The first-order valence-corrected chi connectivity index (χ1v) is 10.8. The molecule has 1 unspecified atom stereocenters. The molecule has 1 atom stereocenters. The maximum atomic E-state index is 6.04. The lowest BCUT2D eigenvalue weighted by Crippen LogP contribution is -2.30. The van der Waals surface area contributed by atoms with E-state index in [1.165, 1.54) is 5.69 Å². The molecule has 0 fully saturated rings. The Labute approximate surface area is 195 Å². The maximum absolute atomic E-state index is 6.04. The molecule has 5 heteroatoms. The first kappa shape index (κ1) is 22.1. The number of para-hydroxylation sites is 2. The van der Waals surface area contributed by atoms with Crippen molar-refractivity contribution >= 4 is 23.8 Å². The lowest BCUT2D eigenvalue weighted by atomic mass is 9.96. The topological polar surface area (TPSA) is 32.5 Å². The summed E-state index contributed by atoms with van der Waals surface area (Å²) in [5, 5.41) is 4.53. The minimum Gasteiger partial charge on any atom is -0.355 e. The van der Waals surface area contributed by atoms with Crippen molar-refractivity contribution in [1.29, 1.82) is 0 Å². The molecule has 32 heavy (non-hydrogen) atoms. The zero-order chi connectivity index (χ0) is 21.4. The van der Waals surface area contributed by atoms with E-state index in [2.05, 4.69) is 96.6 Å². The van der Waals surface area contributed by atoms with Gasteiger partial charge in [0, 0.05) is 35.5 Å². The molecule has 2 heterocycles. The van der Waals surface area contributed by atoms with Crippen molar-refractivity contribution in [1.82, 2.24) is 10.1 Å². The van der Waals surface area contributed by atoms with Crippen molar-refractivity contribution in [2.75, 3.05) is 32.1 Å². The van der Waals surface area contributed by atoms with E-state index in [0.29, 0.717) is 5.92 Å². The molecule has 1 aliphatic heterocycles. The molecule has 0 bridgehead atoms. The molecule has 4 nitrogen and oxygen atoms in total. The van der Waals surface area contributed by atoms with Gasteiger partial charge in [-0.05, 0) is 38.2 Å². The van der Waals surface area contributed by atoms with E-state index in [1.807, 2.05) is 18.2 Å². The predicted octanol–water partition coefficient (Wildman–Crippen LogP) is 6.75. The van der Waals surface area contributed by atoms with E-state index in [0.717, 1.165) is 52.5 Å². The van der Waals surface area contributed by atoms with E-state index in [-0.39, 0.29) is 12.4 Å². The van der Waals surface area contributed by atoms with Crippen molar-refractivity contribution in [3.63, 3.8) is 0 Å². The Morgan fingerprint density at radius 3 is 2.12 bits per heavy atom. The van der Waals surface area contributed by atoms with Gasteiger partial charge in [0.05, 0.1) is 11.3 Å². The second kappa shape index (κ2) is 9.19. The molecular formula is C27H28ClN3O. The molecule has 4 aromatic rings. The largest absolute Gasteiger partial charge is 0.355 e. The minimum atomic E-state index is 0. The Kier molecular flexibility index (Phi) is 6.35. The molecule has 0 N–H and O–H groups in total. The van der Waals surface area contributed by atoms with Crippen molar-refractivity contribution in [2.24, 2.45) is 5.92 Å². The van der Waals surface area contributed by atoms with Crippen LogP contribution in [0.25, 0.3) is 33.7 Å². The molecule has 0 saturated carbocycles. The fraction of sp³-hybridized carbons (Fsp3) is 0.222. The van der Waals surface area contributed by atoms with Gasteiger partial charge in [-0.15, -0.1) is 12.4 Å². The van der Waals surface area contributed by atoms with Gasteiger partial charge in [-0.1, -0.05) is 72.7 Å². The third kappa shape index (κ3) is 3.92. The highest BCUT2D eigenvalue weighted by Crippen LogP contribution is 2.50. The van der Waals surface area contributed by atoms with Gasteiger partial charge in [-0.25, -0.2) is 0 Å². The normalized spacial score (nSPS) is 12.9. The van der Waals surface area contributed by atoms with Crippen LogP contribution < -0.4 is 4.90 Å². The summed E-state index contributed by atoms with van der Waals surface area (Å²) in [7, 11) is 4.26. The summed E-state index contributed by atoms with van der Waals surface area (Å²) in [4.78, 5) is 4.70. The van der Waals surface area contributed by atoms with E-state index >= 15 is 0 Å². The van der Waals surface area contributed by atoms with Crippen LogP contribution in [0.3, 0.4) is 0 Å². The highest BCUT2D eigenvalue weighted by Gasteiger charge is 2.31. The fourth-order valence-corrected chi connectivity index (χ4v) is 4.66. The SMILES string of the molecule is CC(CN(C)C)CN1c2ccccc2-c2onc(-c3ccccc3)c2-c2ccccc21.Cl. The Morgan fingerprint density at radius 1 is 0.844 bits per heavy atom. The van der Waals surface area contributed by atoms with Crippen LogP contribution in [0.1, 0.15) is 6.92 Å². The molecule has 5 rings (SSSR count). The first-order chi connectivity index (χ1) is 15.1. The number of benzene rings is 3. The molecular weight excluding hydrogens is 418 g/mol. The minimum absolute atomic E-state index is 0. The number of fused-ring (bicyclic) bond motifs is 5. The van der Waals surface area contributed by atoms with Crippen molar-refractivity contribution < 1.29 is 4.52 Å². The zero-order valence-electron chi connectivity index (χ0n) is 18.7. The number of hydrogen-bond donors (Lipinski definition) is 0. The molecule has 3 aromatic carbocycles. The number of rotatable bonds is 5. The Balaban J connectivity index is 0.00000245. The smallest absolute Gasteiger partial charge is 0.177 e. The van der Waals surface area contributed by atoms with Gasteiger partial charge in [0.25, 0.3) is 0 Å². The summed E-state index contributed by atoms with van der Waals surface area (Å²) in [6.45, 7) is 4.26. The van der Waals surface area contributed by atoms with Crippen LogP contribution in [0.4, 0.5) is 11.4 Å². The van der Waals surface area contributed by atoms with Gasteiger partial charge in [0.15, 0.2) is 5.76 Å². The third-order valence-electron chi connectivity index (χ3n) is 5.81. The second-order valence-corrected chi connectivity index (χ2v) is 8.61. The van der Waals surface area contributed by atoms with Crippen LogP contribution in [0.5, 0.6) is 0 Å². The predicted molar refractivity (Wildman–Crippen MR) is 135 cm³/mol. The molecule has 0 radical (unpaired) electrons. The summed E-state index contributed by atoms with van der Waals surface area (Å²) in [5.41, 5.74) is 7.62. The average molecular weight is 446 g/mol. The van der Waals surface area contributed by atoms with E-state index in [4.69, 9.17) is 4.52 Å². The summed E-state index contributed by atoms with van der Waals surface area (Å²) in [5.74, 6) is 1.33. The van der Waals surface area contributed by atoms with E-state index in [9.17, 15) is 0 Å². The standard InChI is InChI=1S/C27H27N3O.ClH/c1-19(17-29(2)3)18-30-23-15-9-7-13-21(23)25-26(20-11-5-4-6-12-20)28-31-27(25)22-14-8-10-16-24(22)30;/h4-16,19H,17-18H2,1-3H3;1H. The molecule has 1 aromatic heterocycles. The van der Waals surface area contributed by atoms with Crippen LogP contribution >= 0.6 is 12.4 Å². The Bertz CT molecular complexity index is 1200. The van der Waals surface area contributed by atoms with Crippen LogP contribution in [0.15, 0.2) is 83.4 Å². The number of halogens is 1. The number of hydrogen-bond acceptors (Lipinski definition) is 4. The number of aromatic nitrogens is 1. The van der Waals surface area contributed by atoms with Gasteiger partial charge in [0.2, 0.25) is 0 Å². The highest BCUT2D eigenvalue weighted by atomic mass is 35.5. The highest BCUT2D eigenvalue weighted by molar-refractivity contribution is 6.02. The summed E-state index contributed by atoms with van der Waals surface area (Å²) in [6, 6.07) is 27.4. The van der Waals surface area contributed by atoms with E-state index in [1.54, 1.807) is 0 Å². The number of nitrogens with zero attached hydrogens (tertiary/aromatic N) is 3. The van der Waals surface area contributed by atoms with Crippen LogP contribution in [-0.4, -0.2) is 37.2 Å². The van der Waals surface area contributed by atoms with E-state index < -0.39 is 0 Å². The summed E-state index contributed by atoms with van der Waals surface area (Å²) in [6.07, 6.45) is 0. The van der Waals surface area contributed by atoms with Gasteiger partial charge < -0.3 is 14.3 Å². The molecule has 164 valence electrons. The van der Waals surface area contributed by atoms with Gasteiger partial charge >= 0.3 is 0 Å². The van der Waals surface area contributed by atoms with Crippen molar-refractivity contribution in [3.8, 4) is 33.7 Å². The quantitative estimate of drug-likeness (QED) is 0.340. The molecule has 0 amide bonds. The van der Waals surface area contributed by atoms with Crippen LogP contribution in [0.2, 0.25) is 0 Å². The third-order valence-corrected chi connectivity index (χ3v) is 5.81. The number of anilines is 2. The second-order valence-electron chi connectivity index (χ2n) is 8.61. The molecule has 0 aliphatic carbocycles. The maximum Gasteiger partial charge on any atom is 0.177 e. The van der Waals surface area contributed by atoms with Crippen molar-refractivity contribution in [3.05, 3.63) is 78.9 Å². The van der Waals surface area contributed by atoms with Crippen molar-refractivity contribution in [2.45, 2.75) is 6.92 Å². The lowest BCUT2D eigenvalue weighted by Gasteiger charge is -2.30. The van der Waals surface area contributed by atoms with Crippen LogP contribution in [-0.2, 0) is 0 Å². The first-order valence-electron chi connectivity index (χ1n) is 10.8. The zero-order valence-corrected chi connectivity index (χ0v) is 19.5. The monoisotopic (exact) mass is 445 g/mol. The molecule has 1 aliphatic rings. The Hall–Kier alpha value is -3.08. The lowest BCUT2D eigenvalue weighted by molar-refractivity contribution is 0.343. The molecule has 0 saturated heterocycles. The Morgan fingerprint density at radius 2 is 1.44 bits per heavy atom. The van der Waals surface area contributed by atoms with Crippen LogP contribution in [0, 0.1) is 5.92 Å².